The Balaban J connectivity index is 1.52. The molecule has 7 heteroatoms. The molecule has 32 heavy (non-hydrogen) atoms. The summed E-state index contributed by atoms with van der Waals surface area (Å²) in [4.78, 5) is 27.4. The summed E-state index contributed by atoms with van der Waals surface area (Å²) in [7, 11) is 1.59. The average Bonchev–Trinajstić information content (AvgIpc) is 3.48. The van der Waals surface area contributed by atoms with E-state index in [2.05, 4.69) is 5.32 Å². The molecule has 3 heterocycles. The van der Waals surface area contributed by atoms with Gasteiger partial charge in [0.1, 0.15) is 17.1 Å². The van der Waals surface area contributed by atoms with E-state index in [1.807, 2.05) is 53.9 Å². The van der Waals surface area contributed by atoms with Crippen molar-refractivity contribution in [3.8, 4) is 11.5 Å². The van der Waals surface area contributed by atoms with Crippen molar-refractivity contribution >= 4 is 28.2 Å². The summed E-state index contributed by atoms with van der Waals surface area (Å²) in [5, 5.41) is 5.66. The second-order valence-electron chi connectivity index (χ2n) is 7.54. The number of hydrogen-bond acceptors (Lipinski definition) is 6. The Morgan fingerprint density at radius 3 is 2.66 bits per heavy atom. The Morgan fingerprint density at radius 1 is 1.09 bits per heavy atom. The van der Waals surface area contributed by atoms with E-state index >= 15 is 0 Å². The molecular formula is C25H21NO5S. The van der Waals surface area contributed by atoms with Crippen molar-refractivity contribution in [1.82, 2.24) is 5.32 Å². The Bertz CT molecular complexity index is 1310. The first kappa shape index (κ1) is 20.3. The van der Waals surface area contributed by atoms with Gasteiger partial charge in [0.25, 0.3) is 5.91 Å². The van der Waals surface area contributed by atoms with Gasteiger partial charge in [-0.1, -0.05) is 30.3 Å². The number of rotatable bonds is 6. The largest absolute Gasteiger partial charge is 0.497 e. The van der Waals surface area contributed by atoms with Crippen LogP contribution in [0, 0.1) is 0 Å². The van der Waals surface area contributed by atoms with Gasteiger partial charge >= 0.3 is 5.63 Å². The molecule has 1 aliphatic rings. The molecule has 0 saturated carbocycles. The van der Waals surface area contributed by atoms with Crippen molar-refractivity contribution in [2.75, 3.05) is 13.7 Å². The van der Waals surface area contributed by atoms with Crippen molar-refractivity contribution in [2.45, 2.75) is 18.4 Å². The molecule has 2 aromatic heterocycles. The Labute approximate surface area is 188 Å². The molecule has 1 aliphatic heterocycles. The van der Waals surface area contributed by atoms with Crippen LogP contribution < -0.4 is 20.4 Å². The third-order valence-electron chi connectivity index (χ3n) is 5.64. The zero-order chi connectivity index (χ0) is 22.1. The second kappa shape index (κ2) is 8.51. The minimum absolute atomic E-state index is 0.262. The highest BCUT2D eigenvalue weighted by Crippen LogP contribution is 2.44. The average molecular weight is 448 g/mol. The summed E-state index contributed by atoms with van der Waals surface area (Å²) < 4.78 is 17.0. The summed E-state index contributed by atoms with van der Waals surface area (Å²) in [5.74, 6) is 0.256. The van der Waals surface area contributed by atoms with Crippen molar-refractivity contribution in [2.24, 2.45) is 0 Å². The van der Waals surface area contributed by atoms with Crippen LogP contribution in [0.25, 0.3) is 11.0 Å². The van der Waals surface area contributed by atoms with Gasteiger partial charge in [-0.2, -0.15) is 0 Å². The molecule has 2 aromatic carbocycles. The highest BCUT2D eigenvalue weighted by atomic mass is 32.1. The minimum atomic E-state index is -0.879. The number of hydrogen-bond donors (Lipinski definition) is 1. The molecule has 0 saturated heterocycles. The monoisotopic (exact) mass is 447 g/mol. The van der Waals surface area contributed by atoms with Gasteiger partial charge in [0.15, 0.2) is 6.10 Å². The quantitative estimate of drug-likeness (QED) is 0.450. The molecule has 2 atom stereocenters. The fraction of sp³-hybridized carbons (Fsp3) is 0.200. The number of benzene rings is 2. The Hall–Kier alpha value is -3.58. The lowest BCUT2D eigenvalue weighted by Crippen LogP contribution is -2.41. The van der Waals surface area contributed by atoms with Gasteiger partial charge in [-0.25, -0.2) is 4.79 Å². The molecule has 4 aromatic rings. The SMILES string of the molecule is COc1ccc(C2c3c(c4ccccc4oc3=O)OC2C(=O)NCCc2cccs2)cc1. The van der Waals surface area contributed by atoms with Crippen LogP contribution in [0.2, 0.25) is 0 Å². The van der Waals surface area contributed by atoms with Gasteiger partial charge in [-0.15, -0.1) is 11.3 Å². The van der Waals surface area contributed by atoms with Gasteiger partial charge < -0.3 is 19.2 Å². The Kier molecular flexibility index (Phi) is 5.41. The predicted molar refractivity (Wildman–Crippen MR) is 123 cm³/mol. The normalized spacial score (nSPS) is 17.0. The fourth-order valence-electron chi connectivity index (χ4n) is 4.10. The predicted octanol–water partition coefficient (Wildman–Crippen LogP) is 4.11. The molecular weight excluding hydrogens is 426 g/mol. The lowest BCUT2D eigenvalue weighted by atomic mass is 9.88. The molecule has 0 spiro atoms. The molecule has 0 aliphatic carbocycles. The van der Waals surface area contributed by atoms with Crippen LogP contribution in [0.3, 0.4) is 0 Å². The van der Waals surface area contributed by atoms with E-state index in [9.17, 15) is 9.59 Å². The Morgan fingerprint density at radius 2 is 1.91 bits per heavy atom. The minimum Gasteiger partial charge on any atom is -0.497 e. The van der Waals surface area contributed by atoms with E-state index in [0.717, 1.165) is 12.0 Å². The summed E-state index contributed by atoms with van der Waals surface area (Å²) >= 11 is 1.65. The van der Waals surface area contributed by atoms with E-state index in [-0.39, 0.29) is 5.91 Å². The number of carbonyl (C=O) groups excluding carboxylic acids is 1. The second-order valence-corrected chi connectivity index (χ2v) is 8.57. The molecule has 0 bridgehead atoms. The zero-order valence-corrected chi connectivity index (χ0v) is 18.2. The smallest absolute Gasteiger partial charge is 0.344 e. The highest BCUT2D eigenvalue weighted by molar-refractivity contribution is 7.09. The number of ether oxygens (including phenoxy) is 2. The molecule has 1 N–H and O–H groups in total. The molecule has 0 fully saturated rings. The number of nitrogens with one attached hydrogen (secondary N) is 1. The maximum atomic E-state index is 13.2. The molecule has 2 unspecified atom stereocenters. The van der Waals surface area contributed by atoms with E-state index in [1.165, 1.54) is 4.88 Å². The van der Waals surface area contributed by atoms with Gasteiger partial charge in [-0.05, 0) is 47.7 Å². The van der Waals surface area contributed by atoms with Gasteiger partial charge in [-0.3, -0.25) is 4.79 Å². The number of fused-ring (bicyclic) bond motifs is 3. The molecule has 162 valence electrons. The molecule has 1 amide bonds. The topological polar surface area (TPSA) is 77.8 Å². The van der Waals surface area contributed by atoms with Crippen molar-refractivity contribution < 1.29 is 18.7 Å². The first-order valence-electron chi connectivity index (χ1n) is 10.3. The highest BCUT2D eigenvalue weighted by Gasteiger charge is 2.44. The summed E-state index contributed by atoms with van der Waals surface area (Å²) in [5.41, 5.74) is 1.09. The summed E-state index contributed by atoms with van der Waals surface area (Å²) in [6, 6.07) is 18.5. The van der Waals surface area contributed by atoms with E-state index < -0.39 is 17.6 Å². The van der Waals surface area contributed by atoms with Gasteiger partial charge in [0.05, 0.1) is 24.0 Å². The van der Waals surface area contributed by atoms with E-state index in [4.69, 9.17) is 13.9 Å². The third kappa shape index (κ3) is 3.65. The number of amides is 1. The maximum Gasteiger partial charge on any atom is 0.344 e. The molecule has 6 nitrogen and oxygen atoms in total. The standard InChI is InChI=1S/C25H21NO5S/c1-29-16-10-8-15(9-11-16)20-21-22(18-6-2-3-7-19(18)30-25(21)28)31-23(20)24(27)26-13-12-17-5-4-14-32-17/h2-11,14,20,23H,12-13H2,1H3,(H,26,27). The van der Waals surface area contributed by atoms with Crippen LogP contribution in [0.15, 0.2) is 75.3 Å². The summed E-state index contributed by atoms with van der Waals surface area (Å²) in [6.45, 7) is 0.486. The summed E-state index contributed by atoms with van der Waals surface area (Å²) in [6.07, 6.45) is -0.142. The number of methoxy groups -OCH3 is 1. The van der Waals surface area contributed by atoms with Crippen LogP contribution in [-0.4, -0.2) is 25.7 Å². The lowest BCUT2D eigenvalue weighted by molar-refractivity contribution is -0.127. The van der Waals surface area contributed by atoms with Gasteiger partial charge in [0.2, 0.25) is 0 Å². The third-order valence-corrected chi connectivity index (χ3v) is 6.58. The van der Waals surface area contributed by atoms with Crippen LogP contribution >= 0.6 is 11.3 Å². The molecule has 5 rings (SSSR count). The number of para-hydroxylation sites is 1. The van der Waals surface area contributed by atoms with Crippen LogP contribution in [0.4, 0.5) is 0 Å². The van der Waals surface area contributed by atoms with Crippen LogP contribution in [0.1, 0.15) is 21.9 Å². The number of thiophene rings is 1. The fourth-order valence-corrected chi connectivity index (χ4v) is 4.81. The van der Waals surface area contributed by atoms with E-state index in [0.29, 0.717) is 34.6 Å². The molecule has 0 radical (unpaired) electrons. The first-order valence-corrected chi connectivity index (χ1v) is 11.2. The van der Waals surface area contributed by atoms with E-state index in [1.54, 1.807) is 30.6 Å². The lowest BCUT2D eigenvalue weighted by Gasteiger charge is -2.19. The maximum absolute atomic E-state index is 13.2. The van der Waals surface area contributed by atoms with Crippen LogP contribution in [-0.2, 0) is 11.2 Å². The van der Waals surface area contributed by atoms with Gasteiger partial charge in [0, 0.05) is 11.4 Å². The van der Waals surface area contributed by atoms with Crippen molar-refractivity contribution in [1.29, 1.82) is 0 Å². The number of carbonyl (C=O) groups is 1. The van der Waals surface area contributed by atoms with Crippen LogP contribution in [0.5, 0.6) is 11.5 Å². The van der Waals surface area contributed by atoms with Crippen molar-refractivity contribution in [3.05, 3.63) is 92.5 Å². The van der Waals surface area contributed by atoms with Crippen molar-refractivity contribution in [3.63, 3.8) is 0 Å². The first-order chi connectivity index (χ1) is 15.7. The zero-order valence-electron chi connectivity index (χ0n) is 17.4.